The van der Waals surface area contributed by atoms with Crippen LogP contribution in [0, 0.1) is 13.8 Å². The van der Waals surface area contributed by atoms with Crippen molar-refractivity contribution in [3.63, 3.8) is 0 Å². The van der Waals surface area contributed by atoms with Gasteiger partial charge in [-0.25, -0.2) is 9.59 Å². The van der Waals surface area contributed by atoms with Crippen LogP contribution < -0.4 is 11.0 Å². The van der Waals surface area contributed by atoms with E-state index in [-0.39, 0.29) is 13.0 Å². The molecule has 1 rings (SSSR count). The second-order valence-electron chi connectivity index (χ2n) is 4.07. The minimum absolute atomic E-state index is 0.0478. The van der Waals surface area contributed by atoms with Gasteiger partial charge in [0.05, 0.1) is 13.0 Å². The zero-order chi connectivity index (χ0) is 14.6. The van der Waals surface area contributed by atoms with Gasteiger partial charge < -0.3 is 20.5 Å². The van der Waals surface area contributed by atoms with Crippen LogP contribution in [0.2, 0.25) is 0 Å². The molecular formula is C11H15N3O5. The number of rotatable bonds is 5. The van der Waals surface area contributed by atoms with Gasteiger partial charge in [-0.3, -0.25) is 4.79 Å². The Morgan fingerprint density at radius 1 is 1.42 bits per heavy atom. The number of hydrogen-bond acceptors (Lipinski definition) is 5. The fourth-order valence-corrected chi connectivity index (χ4v) is 1.54. The Balaban J connectivity index is 2.68. The molecule has 0 saturated heterocycles. The Labute approximate surface area is 108 Å². The van der Waals surface area contributed by atoms with Crippen LogP contribution in [0.3, 0.4) is 0 Å². The van der Waals surface area contributed by atoms with Gasteiger partial charge in [0.1, 0.15) is 0 Å². The smallest absolute Gasteiger partial charge is 0.345 e. The molecule has 0 aliphatic carbocycles. The molecule has 1 heterocycles. The molecule has 0 saturated carbocycles. The van der Waals surface area contributed by atoms with Crippen molar-refractivity contribution >= 4 is 11.9 Å². The molecule has 0 aliphatic rings. The normalized spacial score (nSPS) is 11.9. The lowest BCUT2D eigenvalue weighted by atomic mass is 10.1. The summed E-state index contributed by atoms with van der Waals surface area (Å²) in [5.41, 5.74) is 1.06. The first kappa shape index (κ1) is 14.8. The molecule has 1 amide bonds. The summed E-state index contributed by atoms with van der Waals surface area (Å²) in [6.07, 6.45) is -1.69. The van der Waals surface area contributed by atoms with Gasteiger partial charge in [-0.2, -0.15) is 4.98 Å². The van der Waals surface area contributed by atoms with Crippen LogP contribution in [0.25, 0.3) is 0 Å². The van der Waals surface area contributed by atoms with E-state index in [9.17, 15) is 14.4 Å². The number of carboxylic acid groups (broad SMARTS) is 1. The number of amides is 1. The van der Waals surface area contributed by atoms with Crippen LogP contribution in [0.5, 0.6) is 0 Å². The predicted molar refractivity (Wildman–Crippen MR) is 64.7 cm³/mol. The van der Waals surface area contributed by atoms with Crippen LogP contribution in [0.4, 0.5) is 0 Å². The highest BCUT2D eigenvalue weighted by atomic mass is 16.4. The molecule has 0 fully saturated rings. The number of aliphatic hydroxyl groups is 1. The molecule has 0 aromatic carbocycles. The largest absolute Gasteiger partial charge is 0.479 e. The number of aliphatic carboxylic acids is 1. The number of nitrogens with one attached hydrogen (secondary N) is 2. The van der Waals surface area contributed by atoms with E-state index in [0.717, 1.165) is 0 Å². The highest BCUT2D eigenvalue weighted by Gasteiger charge is 2.15. The molecule has 1 atom stereocenters. The van der Waals surface area contributed by atoms with E-state index >= 15 is 0 Å². The lowest BCUT2D eigenvalue weighted by molar-refractivity contribution is -0.146. The summed E-state index contributed by atoms with van der Waals surface area (Å²) in [6.45, 7) is 2.88. The Kier molecular flexibility index (Phi) is 4.76. The van der Waals surface area contributed by atoms with Crippen molar-refractivity contribution in [3.8, 4) is 0 Å². The van der Waals surface area contributed by atoms with E-state index in [1.54, 1.807) is 13.8 Å². The number of aliphatic hydroxyl groups excluding tert-OH is 1. The van der Waals surface area contributed by atoms with Crippen LogP contribution >= 0.6 is 0 Å². The zero-order valence-electron chi connectivity index (χ0n) is 10.6. The molecule has 0 bridgehead atoms. The fourth-order valence-electron chi connectivity index (χ4n) is 1.54. The second kappa shape index (κ2) is 6.10. The number of carbonyl (C=O) groups is 2. The van der Waals surface area contributed by atoms with Gasteiger partial charge in [-0.15, -0.1) is 0 Å². The molecular weight excluding hydrogens is 254 g/mol. The van der Waals surface area contributed by atoms with Gasteiger partial charge in [-0.05, 0) is 13.8 Å². The molecule has 4 N–H and O–H groups in total. The summed E-state index contributed by atoms with van der Waals surface area (Å²) in [6, 6.07) is 0. The molecule has 8 heteroatoms. The Hall–Kier alpha value is -2.22. The third-order valence-electron chi connectivity index (χ3n) is 2.57. The van der Waals surface area contributed by atoms with E-state index in [0.29, 0.717) is 17.0 Å². The van der Waals surface area contributed by atoms with Gasteiger partial charge in [0.15, 0.2) is 6.10 Å². The van der Waals surface area contributed by atoms with Crippen LogP contribution in [-0.4, -0.2) is 44.7 Å². The quantitative estimate of drug-likeness (QED) is 0.513. The van der Waals surface area contributed by atoms with Gasteiger partial charge in [0.2, 0.25) is 5.91 Å². The number of aryl methyl sites for hydroxylation is 2. The van der Waals surface area contributed by atoms with Crippen molar-refractivity contribution in [2.24, 2.45) is 0 Å². The summed E-state index contributed by atoms with van der Waals surface area (Å²) in [5.74, 6) is -1.86. The van der Waals surface area contributed by atoms with Crippen molar-refractivity contribution in [1.82, 2.24) is 15.3 Å². The van der Waals surface area contributed by atoms with Gasteiger partial charge in [-0.1, -0.05) is 0 Å². The second-order valence-corrected chi connectivity index (χ2v) is 4.07. The van der Waals surface area contributed by atoms with Gasteiger partial charge in [0.25, 0.3) is 0 Å². The van der Waals surface area contributed by atoms with E-state index in [1.807, 2.05) is 0 Å². The minimum atomic E-state index is -1.64. The van der Waals surface area contributed by atoms with Crippen molar-refractivity contribution in [3.05, 3.63) is 27.4 Å². The summed E-state index contributed by atoms with van der Waals surface area (Å²) in [7, 11) is 0. The average Bonchev–Trinajstić information content (AvgIpc) is 2.30. The lowest BCUT2D eigenvalue weighted by Crippen LogP contribution is -2.37. The maximum atomic E-state index is 11.6. The molecule has 0 unspecified atom stereocenters. The Bertz CT molecular complexity index is 526. The number of carboxylic acids is 1. The number of hydrogen-bond donors (Lipinski definition) is 4. The van der Waals surface area contributed by atoms with Crippen LogP contribution in [0.1, 0.15) is 17.0 Å². The average molecular weight is 269 g/mol. The van der Waals surface area contributed by atoms with Crippen molar-refractivity contribution < 1.29 is 19.8 Å². The molecule has 0 aliphatic heterocycles. The standard InChI is InChI=1S/C11H15N3O5/c1-5-7(6(2)14-11(19)13-5)3-9(16)12-4-8(15)10(17)18/h8,15H,3-4H2,1-2H3,(H,12,16)(H,17,18)(H,13,14,19)/t8-/m0/s1. The van der Waals surface area contributed by atoms with Gasteiger partial charge in [0, 0.05) is 17.0 Å². The number of nitrogens with zero attached hydrogens (tertiary/aromatic N) is 1. The molecule has 1 aromatic rings. The third kappa shape index (κ3) is 4.18. The van der Waals surface area contributed by atoms with E-state index in [1.165, 1.54) is 0 Å². The van der Waals surface area contributed by atoms with Crippen LogP contribution in [-0.2, 0) is 16.0 Å². The third-order valence-corrected chi connectivity index (χ3v) is 2.57. The van der Waals surface area contributed by atoms with Crippen molar-refractivity contribution in [1.29, 1.82) is 0 Å². The SMILES string of the molecule is Cc1nc(=O)[nH]c(C)c1CC(=O)NC[C@H](O)C(=O)O. The first-order chi connectivity index (χ1) is 8.81. The first-order valence-electron chi connectivity index (χ1n) is 5.55. The fraction of sp³-hybridized carbons (Fsp3) is 0.455. The first-order valence-corrected chi connectivity index (χ1v) is 5.55. The number of aromatic nitrogens is 2. The van der Waals surface area contributed by atoms with E-state index in [2.05, 4.69) is 15.3 Å². The minimum Gasteiger partial charge on any atom is -0.479 e. The van der Waals surface area contributed by atoms with Crippen LogP contribution in [0.15, 0.2) is 4.79 Å². The number of H-pyrrole nitrogens is 1. The number of carbonyl (C=O) groups excluding carboxylic acids is 1. The highest BCUT2D eigenvalue weighted by molar-refractivity contribution is 5.80. The molecule has 0 spiro atoms. The summed E-state index contributed by atoms with van der Waals surface area (Å²) >= 11 is 0. The topological polar surface area (TPSA) is 132 Å². The maximum Gasteiger partial charge on any atom is 0.345 e. The molecule has 19 heavy (non-hydrogen) atoms. The Morgan fingerprint density at radius 3 is 2.58 bits per heavy atom. The number of aromatic amines is 1. The monoisotopic (exact) mass is 269 g/mol. The molecule has 104 valence electrons. The van der Waals surface area contributed by atoms with Crippen molar-refractivity contribution in [2.45, 2.75) is 26.4 Å². The predicted octanol–water partition coefficient (Wildman–Crippen LogP) is -1.51. The zero-order valence-corrected chi connectivity index (χ0v) is 10.6. The summed E-state index contributed by atoms with van der Waals surface area (Å²) in [4.78, 5) is 39.2. The molecule has 0 radical (unpaired) electrons. The van der Waals surface area contributed by atoms with E-state index in [4.69, 9.17) is 10.2 Å². The Morgan fingerprint density at radius 2 is 2.05 bits per heavy atom. The summed E-state index contributed by atoms with van der Waals surface area (Å²) < 4.78 is 0. The lowest BCUT2D eigenvalue weighted by Gasteiger charge is -2.10. The van der Waals surface area contributed by atoms with Gasteiger partial charge >= 0.3 is 11.7 Å². The highest BCUT2D eigenvalue weighted by Crippen LogP contribution is 2.07. The summed E-state index contributed by atoms with van der Waals surface area (Å²) in [5, 5.41) is 19.8. The van der Waals surface area contributed by atoms with Crippen molar-refractivity contribution in [2.75, 3.05) is 6.54 Å². The molecule has 1 aromatic heterocycles. The maximum absolute atomic E-state index is 11.6. The van der Waals surface area contributed by atoms with E-state index < -0.39 is 23.7 Å². The molecule has 8 nitrogen and oxygen atoms in total.